The molecule has 0 unspecified atom stereocenters. The molecule has 152 valence electrons. The lowest BCUT2D eigenvalue weighted by Crippen LogP contribution is -2.17. The molecule has 30 heavy (non-hydrogen) atoms. The average Bonchev–Trinajstić information content (AvgIpc) is 3.44. The molecule has 2 amide bonds. The van der Waals surface area contributed by atoms with Crippen LogP contribution in [0.4, 0.5) is 10.8 Å². The Balaban J connectivity index is 1.52. The maximum absolute atomic E-state index is 12.9. The van der Waals surface area contributed by atoms with Crippen molar-refractivity contribution in [2.75, 3.05) is 10.6 Å². The van der Waals surface area contributed by atoms with Crippen molar-refractivity contribution in [1.29, 1.82) is 0 Å². The summed E-state index contributed by atoms with van der Waals surface area (Å²) >= 11 is 1.35. The van der Waals surface area contributed by atoms with Crippen LogP contribution in [-0.2, 0) is 7.05 Å². The quantitative estimate of drug-likeness (QED) is 0.514. The molecule has 9 heteroatoms. The first-order chi connectivity index (χ1) is 14.4. The van der Waals surface area contributed by atoms with Gasteiger partial charge in [-0.2, -0.15) is 5.10 Å². The Hall–Kier alpha value is -3.72. The topological polar surface area (TPSA) is 93.8 Å². The van der Waals surface area contributed by atoms with E-state index in [4.69, 9.17) is 0 Å². The summed E-state index contributed by atoms with van der Waals surface area (Å²) in [5.41, 5.74) is 3.55. The molecule has 0 aliphatic carbocycles. The molecule has 2 N–H and O–H groups in total. The van der Waals surface area contributed by atoms with Crippen molar-refractivity contribution in [2.45, 2.75) is 13.8 Å². The van der Waals surface area contributed by atoms with Gasteiger partial charge in [0.1, 0.15) is 11.4 Å². The zero-order valence-corrected chi connectivity index (χ0v) is 17.5. The number of carbonyl (C=O) groups excluding carboxylic acids is 2. The van der Waals surface area contributed by atoms with Gasteiger partial charge in [-0.05, 0) is 50.2 Å². The van der Waals surface area contributed by atoms with E-state index in [2.05, 4.69) is 20.7 Å². The normalized spacial score (nSPS) is 10.8. The van der Waals surface area contributed by atoms with Crippen LogP contribution in [0.25, 0.3) is 5.82 Å². The maximum Gasteiger partial charge on any atom is 0.261 e. The van der Waals surface area contributed by atoms with Crippen molar-refractivity contribution in [3.63, 3.8) is 0 Å². The lowest BCUT2D eigenvalue weighted by atomic mass is 10.2. The molecule has 0 aliphatic rings. The average molecular weight is 420 g/mol. The molecular formula is C21H20N6O2S. The van der Waals surface area contributed by atoms with Crippen molar-refractivity contribution in [1.82, 2.24) is 19.3 Å². The lowest BCUT2D eigenvalue weighted by molar-refractivity contribution is 0.101. The zero-order chi connectivity index (χ0) is 21.3. The fourth-order valence-corrected chi connectivity index (χ4v) is 3.74. The highest BCUT2D eigenvalue weighted by molar-refractivity contribution is 7.13. The van der Waals surface area contributed by atoms with Crippen molar-refractivity contribution in [3.8, 4) is 5.82 Å². The summed E-state index contributed by atoms with van der Waals surface area (Å²) in [4.78, 5) is 29.2. The van der Waals surface area contributed by atoms with Crippen molar-refractivity contribution >= 4 is 34.0 Å². The minimum Gasteiger partial charge on any atom is -0.322 e. The van der Waals surface area contributed by atoms with E-state index in [1.165, 1.54) is 11.3 Å². The number of amides is 2. The Bertz CT molecular complexity index is 1190. The van der Waals surface area contributed by atoms with Gasteiger partial charge in [0.25, 0.3) is 11.8 Å². The smallest absolute Gasteiger partial charge is 0.261 e. The first-order valence-corrected chi connectivity index (χ1v) is 10.1. The van der Waals surface area contributed by atoms with Crippen LogP contribution in [0.5, 0.6) is 0 Å². The predicted octanol–water partition coefficient (Wildman–Crippen LogP) is 3.79. The minimum absolute atomic E-state index is 0.254. The molecule has 0 saturated carbocycles. The lowest BCUT2D eigenvalue weighted by Gasteiger charge is -2.12. The Labute approximate surface area is 177 Å². The number of aryl methyl sites for hydroxylation is 3. The first kappa shape index (κ1) is 19.6. The van der Waals surface area contributed by atoms with Crippen LogP contribution >= 0.6 is 11.3 Å². The molecule has 0 spiro atoms. The second kappa shape index (κ2) is 7.96. The summed E-state index contributed by atoms with van der Waals surface area (Å²) in [6, 6.07) is 10.7. The van der Waals surface area contributed by atoms with Gasteiger partial charge in [0.2, 0.25) is 0 Å². The van der Waals surface area contributed by atoms with Crippen LogP contribution in [0.3, 0.4) is 0 Å². The number of nitrogens with one attached hydrogen (secondary N) is 2. The van der Waals surface area contributed by atoms with Gasteiger partial charge in [-0.15, -0.1) is 11.3 Å². The first-order valence-electron chi connectivity index (χ1n) is 9.23. The highest BCUT2D eigenvalue weighted by atomic mass is 32.1. The fraction of sp³-hybridized carbons (Fsp3) is 0.143. The van der Waals surface area contributed by atoms with E-state index >= 15 is 0 Å². The number of nitrogens with zero attached hydrogens (tertiary/aromatic N) is 4. The monoisotopic (exact) mass is 420 g/mol. The van der Waals surface area contributed by atoms with Crippen molar-refractivity contribution in [3.05, 3.63) is 76.7 Å². The third-order valence-electron chi connectivity index (χ3n) is 4.69. The molecule has 3 aromatic heterocycles. The largest absolute Gasteiger partial charge is 0.322 e. The van der Waals surface area contributed by atoms with Crippen LogP contribution in [-0.4, -0.2) is 31.1 Å². The number of aromatic nitrogens is 4. The molecule has 1 aromatic carbocycles. The molecule has 0 saturated heterocycles. The molecule has 8 nitrogen and oxygen atoms in total. The van der Waals surface area contributed by atoms with Crippen LogP contribution in [0.1, 0.15) is 32.1 Å². The summed E-state index contributed by atoms with van der Waals surface area (Å²) in [5.74, 6) is 0.175. The van der Waals surface area contributed by atoms with Gasteiger partial charge in [-0.25, -0.2) is 4.98 Å². The highest BCUT2D eigenvalue weighted by Gasteiger charge is 2.20. The van der Waals surface area contributed by atoms with Gasteiger partial charge < -0.3 is 9.88 Å². The van der Waals surface area contributed by atoms with Gasteiger partial charge in [-0.3, -0.25) is 19.6 Å². The Morgan fingerprint density at radius 1 is 0.967 bits per heavy atom. The van der Waals surface area contributed by atoms with E-state index in [0.29, 0.717) is 27.8 Å². The van der Waals surface area contributed by atoms with Crippen LogP contribution < -0.4 is 10.6 Å². The number of benzene rings is 1. The van der Waals surface area contributed by atoms with E-state index in [-0.39, 0.29) is 11.8 Å². The number of thiazole rings is 1. The van der Waals surface area contributed by atoms with Crippen LogP contribution in [0.2, 0.25) is 0 Å². The third-order valence-corrected chi connectivity index (χ3v) is 5.38. The highest BCUT2D eigenvalue weighted by Crippen LogP contribution is 2.21. The summed E-state index contributed by atoms with van der Waals surface area (Å²) in [6.07, 6.45) is 3.18. The fourth-order valence-electron chi connectivity index (χ4n) is 3.22. The van der Waals surface area contributed by atoms with Crippen molar-refractivity contribution < 1.29 is 9.59 Å². The van der Waals surface area contributed by atoms with Gasteiger partial charge in [0.15, 0.2) is 5.13 Å². The Morgan fingerprint density at radius 2 is 1.67 bits per heavy atom. The molecule has 4 aromatic rings. The number of hydrogen-bond donors (Lipinski definition) is 2. The molecule has 3 heterocycles. The van der Waals surface area contributed by atoms with Crippen molar-refractivity contribution in [2.24, 2.45) is 7.05 Å². The van der Waals surface area contributed by atoms with Crippen LogP contribution in [0, 0.1) is 13.8 Å². The molecule has 0 bridgehead atoms. The molecule has 0 fully saturated rings. The third kappa shape index (κ3) is 3.74. The Kier molecular flexibility index (Phi) is 5.20. The van der Waals surface area contributed by atoms with E-state index in [9.17, 15) is 9.59 Å². The van der Waals surface area contributed by atoms with E-state index in [1.807, 2.05) is 30.5 Å². The minimum atomic E-state index is -0.273. The molecule has 0 aliphatic heterocycles. The second-order valence-corrected chi connectivity index (χ2v) is 7.67. The molecule has 0 atom stereocenters. The Morgan fingerprint density at radius 3 is 2.30 bits per heavy atom. The van der Waals surface area contributed by atoms with Crippen LogP contribution in [0.15, 0.2) is 54.2 Å². The van der Waals surface area contributed by atoms with E-state index in [1.54, 1.807) is 53.8 Å². The van der Waals surface area contributed by atoms with E-state index in [0.717, 1.165) is 11.4 Å². The van der Waals surface area contributed by atoms with Gasteiger partial charge in [-0.1, -0.05) is 0 Å². The SMILES string of the molecule is Cc1ccc(C)n1-c1c(C(=O)Nc2ccc(C(=O)Nc3nccs3)cc2)cnn1C. The maximum atomic E-state index is 12.9. The summed E-state index contributed by atoms with van der Waals surface area (Å²) < 4.78 is 3.68. The number of carbonyl (C=O) groups is 2. The second-order valence-electron chi connectivity index (χ2n) is 6.78. The van der Waals surface area contributed by atoms with Gasteiger partial charge >= 0.3 is 0 Å². The number of hydrogen-bond acceptors (Lipinski definition) is 5. The molecule has 0 radical (unpaired) electrons. The van der Waals surface area contributed by atoms with Gasteiger partial charge in [0, 0.05) is 41.3 Å². The zero-order valence-electron chi connectivity index (χ0n) is 16.7. The summed E-state index contributed by atoms with van der Waals surface area (Å²) in [7, 11) is 1.81. The molecule has 4 rings (SSSR count). The number of anilines is 2. The standard InChI is InChI=1S/C21H20N6O2S/c1-13-4-5-14(2)27(13)20-17(12-23-26(20)3)19(29)24-16-8-6-15(7-9-16)18(28)25-21-22-10-11-30-21/h4-12H,1-3H3,(H,24,29)(H,22,25,28). The molecular weight excluding hydrogens is 400 g/mol. The summed E-state index contributed by atoms with van der Waals surface area (Å²) in [5, 5.41) is 12.2. The number of rotatable bonds is 5. The summed E-state index contributed by atoms with van der Waals surface area (Å²) in [6.45, 7) is 3.97. The van der Waals surface area contributed by atoms with E-state index < -0.39 is 0 Å². The van der Waals surface area contributed by atoms with Gasteiger partial charge in [0.05, 0.1) is 6.20 Å². The predicted molar refractivity (Wildman–Crippen MR) is 116 cm³/mol.